The van der Waals surface area contributed by atoms with E-state index < -0.39 is 30.4 Å². The van der Waals surface area contributed by atoms with Crippen LogP contribution in [0.3, 0.4) is 0 Å². The largest absolute Gasteiger partial charge is 0.453 e. The Balaban J connectivity index is 1.07. The van der Waals surface area contributed by atoms with Gasteiger partial charge in [-0.25, -0.2) is 19.6 Å². The van der Waals surface area contributed by atoms with Crippen molar-refractivity contribution in [2.24, 2.45) is 5.92 Å². The van der Waals surface area contributed by atoms with Gasteiger partial charge in [-0.1, -0.05) is 44.2 Å². The highest BCUT2D eigenvalue weighted by Crippen LogP contribution is 2.36. The maximum absolute atomic E-state index is 13.7. The van der Waals surface area contributed by atoms with Crippen molar-refractivity contribution in [1.29, 1.82) is 0 Å². The second-order valence-electron chi connectivity index (χ2n) is 15.1. The van der Waals surface area contributed by atoms with Crippen molar-refractivity contribution >= 4 is 45.8 Å². The molecule has 0 saturated carbocycles. The van der Waals surface area contributed by atoms with E-state index in [0.29, 0.717) is 18.9 Å². The molecule has 57 heavy (non-hydrogen) atoms. The Morgan fingerprint density at radius 3 is 1.91 bits per heavy atom. The Hall–Kier alpha value is -5.96. The summed E-state index contributed by atoms with van der Waals surface area (Å²) in [6.07, 6.45) is 3.15. The van der Waals surface area contributed by atoms with Crippen LogP contribution in [0.2, 0.25) is 0 Å². The number of nitrogens with one attached hydrogen (secondary N) is 4. The second kappa shape index (κ2) is 16.6. The Kier molecular flexibility index (Phi) is 11.5. The molecular weight excluding hydrogens is 729 g/mol. The molecule has 2 aliphatic heterocycles. The molecule has 2 aliphatic rings. The van der Waals surface area contributed by atoms with E-state index in [0.717, 1.165) is 75.7 Å². The molecule has 300 valence electrons. The SMILES string of the molecule is COC(=O)N[C@H](C(=O)N1CCC[C@H]1c1nc2cc(-c3ccc4cc(-c5c[nH]c([C@@H]6CCCN6C(=O)[C@@H](NC(=O)OC)[C@@H](C)OC)n5)ccc4c3)ccc2[nH]1)C(C)C. The number of aromatic amines is 2. The van der Waals surface area contributed by atoms with Gasteiger partial charge in [-0.15, -0.1) is 0 Å². The van der Waals surface area contributed by atoms with Crippen LogP contribution in [0.4, 0.5) is 9.59 Å². The molecule has 4 heterocycles. The number of methoxy groups -OCH3 is 3. The lowest BCUT2D eigenvalue weighted by atomic mass is 9.99. The van der Waals surface area contributed by atoms with Gasteiger partial charge < -0.3 is 44.6 Å². The molecule has 0 radical (unpaired) electrons. The van der Waals surface area contributed by atoms with Crippen LogP contribution in [0.15, 0.2) is 60.8 Å². The summed E-state index contributed by atoms with van der Waals surface area (Å²) in [5.74, 6) is 0.915. The Morgan fingerprint density at radius 2 is 1.28 bits per heavy atom. The number of ether oxygens (including phenoxy) is 3. The molecule has 2 fully saturated rings. The van der Waals surface area contributed by atoms with E-state index in [1.165, 1.54) is 21.3 Å². The quantitative estimate of drug-likeness (QED) is 0.121. The average Bonchev–Trinajstić information content (AvgIpc) is 4.06. The van der Waals surface area contributed by atoms with Crippen LogP contribution in [0.25, 0.3) is 44.2 Å². The van der Waals surface area contributed by atoms with Gasteiger partial charge in [0.25, 0.3) is 0 Å². The summed E-state index contributed by atoms with van der Waals surface area (Å²) < 4.78 is 14.9. The molecule has 15 nitrogen and oxygen atoms in total. The lowest BCUT2D eigenvalue weighted by Crippen LogP contribution is -2.54. The number of carbonyl (C=O) groups excluding carboxylic acids is 4. The first-order valence-electron chi connectivity index (χ1n) is 19.4. The predicted octanol–water partition coefficient (Wildman–Crippen LogP) is 6.24. The van der Waals surface area contributed by atoms with Crippen molar-refractivity contribution in [3.63, 3.8) is 0 Å². The number of nitrogens with zero attached hydrogens (tertiary/aromatic N) is 4. The Bertz CT molecular complexity index is 2280. The molecule has 7 rings (SSSR count). The van der Waals surface area contributed by atoms with Gasteiger partial charge in [-0.2, -0.15) is 0 Å². The monoisotopic (exact) mass is 778 g/mol. The van der Waals surface area contributed by atoms with Crippen LogP contribution < -0.4 is 10.6 Å². The van der Waals surface area contributed by atoms with E-state index in [1.807, 2.05) is 37.1 Å². The third-order valence-corrected chi connectivity index (χ3v) is 11.2. The molecule has 2 saturated heterocycles. The third-order valence-electron chi connectivity index (χ3n) is 11.2. The van der Waals surface area contributed by atoms with Gasteiger partial charge in [0.05, 0.1) is 49.1 Å². The summed E-state index contributed by atoms with van der Waals surface area (Å²) in [5, 5.41) is 7.46. The summed E-state index contributed by atoms with van der Waals surface area (Å²) >= 11 is 0. The summed E-state index contributed by atoms with van der Waals surface area (Å²) in [5.41, 5.74) is 5.47. The van der Waals surface area contributed by atoms with Crippen molar-refractivity contribution in [3.05, 3.63) is 72.4 Å². The van der Waals surface area contributed by atoms with E-state index in [1.54, 1.807) is 11.8 Å². The zero-order chi connectivity index (χ0) is 40.4. The van der Waals surface area contributed by atoms with Gasteiger partial charge in [0.15, 0.2) is 0 Å². The summed E-state index contributed by atoms with van der Waals surface area (Å²) in [6.45, 7) is 6.67. The van der Waals surface area contributed by atoms with Gasteiger partial charge in [0.1, 0.15) is 23.7 Å². The molecule has 3 aromatic carbocycles. The first-order chi connectivity index (χ1) is 27.5. The van der Waals surface area contributed by atoms with E-state index in [4.69, 9.17) is 24.2 Å². The summed E-state index contributed by atoms with van der Waals surface area (Å²) in [6, 6.07) is 16.6. The molecule has 2 aromatic heterocycles. The number of amides is 4. The number of alkyl carbamates (subject to hydrolysis) is 2. The minimum atomic E-state index is -0.900. The van der Waals surface area contributed by atoms with Crippen LogP contribution in [-0.2, 0) is 23.8 Å². The smallest absolute Gasteiger partial charge is 0.407 e. The fourth-order valence-electron chi connectivity index (χ4n) is 7.99. The fourth-order valence-corrected chi connectivity index (χ4v) is 7.99. The number of likely N-dealkylation sites (tertiary alicyclic amines) is 2. The Morgan fingerprint density at radius 1 is 0.719 bits per heavy atom. The highest BCUT2D eigenvalue weighted by Gasteiger charge is 2.39. The number of rotatable bonds is 11. The number of H-pyrrole nitrogens is 2. The number of fused-ring (bicyclic) bond motifs is 2. The zero-order valence-corrected chi connectivity index (χ0v) is 33.1. The molecule has 4 N–H and O–H groups in total. The van der Waals surface area contributed by atoms with Gasteiger partial charge in [0, 0.05) is 32.0 Å². The van der Waals surface area contributed by atoms with E-state index in [9.17, 15) is 19.2 Å². The molecule has 4 amide bonds. The average molecular weight is 779 g/mol. The number of carbonyl (C=O) groups is 4. The Labute approximate surface area is 330 Å². The molecule has 5 atom stereocenters. The van der Waals surface area contributed by atoms with Gasteiger partial charge in [-0.05, 0) is 84.7 Å². The van der Waals surface area contributed by atoms with Crippen LogP contribution in [0.5, 0.6) is 0 Å². The van der Waals surface area contributed by atoms with Crippen molar-refractivity contribution in [3.8, 4) is 22.4 Å². The minimum absolute atomic E-state index is 0.112. The molecular formula is C42H50N8O7. The van der Waals surface area contributed by atoms with Crippen LogP contribution in [0, 0.1) is 5.92 Å². The highest BCUT2D eigenvalue weighted by atomic mass is 16.5. The van der Waals surface area contributed by atoms with Crippen LogP contribution >= 0.6 is 0 Å². The summed E-state index contributed by atoms with van der Waals surface area (Å²) in [7, 11) is 4.05. The highest BCUT2D eigenvalue weighted by molar-refractivity contribution is 5.92. The fraction of sp³-hybridized carbons (Fsp3) is 0.429. The van der Waals surface area contributed by atoms with Gasteiger partial charge >= 0.3 is 12.2 Å². The van der Waals surface area contributed by atoms with E-state index in [2.05, 4.69) is 63.1 Å². The van der Waals surface area contributed by atoms with Crippen LogP contribution in [0.1, 0.15) is 70.2 Å². The first-order valence-corrected chi connectivity index (χ1v) is 19.4. The number of hydrogen-bond donors (Lipinski definition) is 4. The van der Waals surface area contributed by atoms with Crippen molar-refractivity contribution in [1.82, 2.24) is 40.4 Å². The summed E-state index contributed by atoms with van der Waals surface area (Å²) in [4.78, 5) is 71.5. The molecule has 0 aliphatic carbocycles. The zero-order valence-electron chi connectivity index (χ0n) is 33.1. The number of imidazole rings is 2. The predicted molar refractivity (Wildman–Crippen MR) is 214 cm³/mol. The maximum atomic E-state index is 13.7. The van der Waals surface area contributed by atoms with Crippen molar-refractivity contribution in [2.45, 2.75) is 76.7 Å². The second-order valence-corrected chi connectivity index (χ2v) is 15.1. The van der Waals surface area contributed by atoms with Crippen molar-refractivity contribution in [2.75, 3.05) is 34.4 Å². The first kappa shape index (κ1) is 39.3. The molecule has 0 bridgehead atoms. The van der Waals surface area contributed by atoms with E-state index in [-0.39, 0.29) is 29.8 Å². The lowest BCUT2D eigenvalue weighted by molar-refractivity contribution is -0.137. The van der Waals surface area contributed by atoms with Crippen molar-refractivity contribution < 1.29 is 33.4 Å². The van der Waals surface area contributed by atoms with Crippen LogP contribution in [-0.4, -0.2) is 106 Å². The molecule has 5 aromatic rings. The third kappa shape index (κ3) is 8.01. The molecule has 0 unspecified atom stereocenters. The lowest BCUT2D eigenvalue weighted by Gasteiger charge is -2.30. The molecule has 15 heteroatoms. The normalized spacial score (nSPS) is 18.5. The number of hydrogen-bond acceptors (Lipinski definition) is 9. The van der Waals surface area contributed by atoms with Gasteiger partial charge in [0.2, 0.25) is 11.8 Å². The van der Waals surface area contributed by atoms with E-state index >= 15 is 0 Å². The molecule has 0 spiro atoms. The topological polar surface area (TPSA) is 184 Å². The number of aromatic nitrogens is 4. The number of benzene rings is 3. The minimum Gasteiger partial charge on any atom is -0.453 e. The van der Waals surface area contributed by atoms with Gasteiger partial charge in [-0.3, -0.25) is 9.59 Å². The standard InChI is InChI=1S/C42H50N8O7/c1-23(2)35(47-41(53)56-5)39(51)50-18-8-10-34(50)38-44-30-16-15-28(21-31(30)45-38)26-11-12-27-20-29(14-13-25(27)19-26)32-22-43-37(46-32)33-9-7-17-49(33)40(52)36(24(3)55-4)48-42(54)57-6/h11-16,19-24,33-36H,7-10,17-18H2,1-6H3,(H,43,46)(H,44,45)(H,47,53)(H,48,54)/t24-,33+,34+,35+,36+/m1/s1. The maximum Gasteiger partial charge on any atom is 0.407 e.